The predicted molar refractivity (Wildman–Crippen MR) is 67.7 cm³/mol. The number of esters is 1. The lowest BCUT2D eigenvalue weighted by Crippen LogP contribution is -2.56. The molecule has 0 amide bonds. The monoisotopic (exact) mass is 239 g/mol. The van der Waals surface area contributed by atoms with E-state index in [0.29, 0.717) is 18.6 Å². The largest absolute Gasteiger partial charge is 0.466 e. The van der Waals surface area contributed by atoms with Crippen LogP contribution < -0.4 is 0 Å². The molecule has 2 bridgehead atoms. The van der Waals surface area contributed by atoms with Gasteiger partial charge in [0.1, 0.15) is 0 Å². The highest BCUT2D eigenvalue weighted by molar-refractivity contribution is 5.73. The Morgan fingerprint density at radius 2 is 2.29 bits per heavy atom. The Bertz CT molecular complexity index is 265. The van der Waals surface area contributed by atoms with Crippen LogP contribution in [0.25, 0.3) is 0 Å². The van der Waals surface area contributed by atoms with E-state index in [0.717, 1.165) is 19.0 Å². The van der Waals surface area contributed by atoms with E-state index >= 15 is 0 Å². The average molecular weight is 239 g/mol. The Morgan fingerprint density at radius 1 is 1.53 bits per heavy atom. The number of carbonyl (C=O) groups is 1. The highest BCUT2D eigenvalue weighted by atomic mass is 16.5. The predicted octanol–water partition coefficient (Wildman–Crippen LogP) is 2.31. The summed E-state index contributed by atoms with van der Waals surface area (Å²) in [5.74, 6) is 1.51. The molecule has 0 radical (unpaired) electrons. The third kappa shape index (κ3) is 2.65. The first-order chi connectivity index (χ1) is 8.13. The Hall–Kier alpha value is -0.570. The minimum atomic E-state index is -0.0102. The molecule has 2 aliphatic rings. The van der Waals surface area contributed by atoms with E-state index in [1.165, 1.54) is 19.3 Å². The summed E-state index contributed by atoms with van der Waals surface area (Å²) in [6.45, 7) is 9.08. The molecular formula is C14H25NO2. The number of carbonyl (C=O) groups excluding carboxylic acids is 1. The van der Waals surface area contributed by atoms with Crippen molar-refractivity contribution in [3.63, 3.8) is 0 Å². The number of rotatable bonds is 3. The fourth-order valence-electron chi connectivity index (χ4n) is 3.77. The number of hydrogen-bond acceptors (Lipinski definition) is 3. The molecule has 5 unspecified atom stereocenters. The minimum Gasteiger partial charge on any atom is -0.466 e. The van der Waals surface area contributed by atoms with Crippen LogP contribution in [-0.4, -0.2) is 36.6 Å². The fraction of sp³-hybridized carbons (Fsp3) is 0.929. The maximum Gasteiger partial charge on any atom is 0.310 e. The number of piperidine rings is 2. The van der Waals surface area contributed by atoms with Gasteiger partial charge in [-0.25, -0.2) is 0 Å². The summed E-state index contributed by atoms with van der Waals surface area (Å²) in [4.78, 5) is 14.4. The second kappa shape index (κ2) is 5.38. The van der Waals surface area contributed by atoms with Gasteiger partial charge in [-0.1, -0.05) is 13.8 Å². The topological polar surface area (TPSA) is 29.5 Å². The lowest BCUT2D eigenvalue weighted by Gasteiger charge is -2.49. The van der Waals surface area contributed by atoms with Crippen LogP contribution in [0.2, 0.25) is 0 Å². The molecule has 2 saturated heterocycles. The Morgan fingerprint density at radius 3 is 2.94 bits per heavy atom. The fourth-order valence-corrected chi connectivity index (χ4v) is 3.77. The van der Waals surface area contributed by atoms with Crippen LogP contribution in [0.3, 0.4) is 0 Å². The van der Waals surface area contributed by atoms with Crippen molar-refractivity contribution in [3.05, 3.63) is 0 Å². The third-order valence-corrected chi connectivity index (χ3v) is 4.35. The van der Waals surface area contributed by atoms with E-state index in [2.05, 4.69) is 11.8 Å². The molecule has 3 nitrogen and oxygen atoms in total. The van der Waals surface area contributed by atoms with Gasteiger partial charge in [-0.15, -0.1) is 0 Å². The maximum absolute atomic E-state index is 11.9. The molecule has 0 aromatic heterocycles. The van der Waals surface area contributed by atoms with Crippen molar-refractivity contribution in [1.82, 2.24) is 4.90 Å². The second-order valence-electron chi connectivity index (χ2n) is 5.77. The molecule has 0 saturated carbocycles. The van der Waals surface area contributed by atoms with Crippen LogP contribution in [0.4, 0.5) is 0 Å². The van der Waals surface area contributed by atoms with Crippen LogP contribution in [-0.2, 0) is 9.53 Å². The summed E-state index contributed by atoms with van der Waals surface area (Å²) in [6.07, 6.45) is 3.86. The zero-order valence-corrected chi connectivity index (χ0v) is 11.3. The van der Waals surface area contributed by atoms with E-state index in [-0.39, 0.29) is 11.9 Å². The van der Waals surface area contributed by atoms with Gasteiger partial charge in [-0.3, -0.25) is 9.69 Å². The van der Waals surface area contributed by atoms with Gasteiger partial charge in [0, 0.05) is 12.6 Å². The van der Waals surface area contributed by atoms with Crippen molar-refractivity contribution in [2.45, 2.75) is 46.1 Å². The molecule has 0 aliphatic carbocycles. The van der Waals surface area contributed by atoms with Gasteiger partial charge in [0.2, 0.25) is 0 Å². The van der Waals surface area contributed by atoms with Gasteiger partial charge in [-0.2, -0.15) is 0 Å². The van der Waals surface area contributed by atoms with Crippen LogP contribution >= 0.6 is 0 Å². The summed E-state index contributed by atoms with van der Waals surface area (Å²) in [6, 6.07) is 0.430. The summed E-state index contributed by atoms with van der Waals surface area (Å²) in [7, 11) is 0. The maximum atomic E-state index is 11.9. The van der Waals surface area contributed by atoms with Crippen LogP contribution in [0.5, 0.6) is 0 Å². The molecular weight excluding hydrogens is 214 g/mol. The molecule has 2 fully saturated rings. The lowest BCUT2D eigenvalue weighted by molar-refractivity contribution is -0.153. The first-order valence-corrected chi connectivity index (χ1v) is 7.04. The third-order valence-electron chi connectivity index (χ3n) is 4.35. The van der Waals surface area contributed by atoms with Crippen molar-refractivity contribution in [3.8, 4) is 0 Å². The van der Waals surface area contributed by atoms with Crippen LogP contribution in [0.15, 0.2) is 0 Å². The molecule has 2 rings (SSSR count). The van der Waals surface area contributed by atoms with Gasteiger partial charge in [0.15, 0.2) is 0 Å². The van der Waals surface area contributed by atoms with Crippen molar-refractivity contribution in [2.24, 2.45) is 17.8 Å². The molecule has 0 N–H and O–H groups in total. The summed E-state index contributed by atoms with van der Waals surface area (Å²) < 4.78 is 5.18. The zero-order valence-electron chi connectivity index (χ0n) is 11.3. The molecule has 98 valence electrons. The van der Waals surface area contributed by atoms with E-state index in [4.69, 9.17) is 4.74 Å². The summed E-state index contributed by atoms with van der Waals surface area (Å²) in [5.41, 5.74) is 0. The quantitative estimate of drug-likeness (QED) is 0.708. The molecule has 3 heteroatoms. The van der Waals surface area contributed by atoms with Gasteiger partial charge in [0.05, 0.1) is 12.5 Å². The lowest BCUT2D eigenvalue weighted by atomic mass is 9.74. The first kappa shape index (κ1) is 12.9. The Kier molecular flexibility index (Phi) is 4.08. The molecule has 5 atom stereocenters. The molecule has 2 heterocycles. The van der Waals surface area contributed by atoms with Crippen molar-refractivity contribution in [1.29, 1.82) is 0 Å². The van der Waals surface area contributed by atoms with Gasteiger partial charge >= 0.3 is 5.97 Å². The normalized spacial score (nSPS) is 38.5. The summed E-state index contributed by atoms with van der Waals surface area (Å²) in [5, 5.41) is 0. The Labute approximate surface area is 105 Å². The average Bonchev–Trinajstić information content (AvgIpc) is 2.27. The van der Waals surface area contributed by atoms with E-state index < -0.39 is 0 Å². The number of fused-ring (bicyclic) bond motifs is 2. The molecule has 17 heavy (non-hydrogen) atoms. The van der Waals surface area contributed by atoms with Gasteiger partial charge < -0.3 is 4.74 Å². The van der Waals surface area contributed by atoms with Gasteiger partial charge in [-0.05, 0) is 44.6 Å². The highest BCUT2D eigenvalue weighted by Gasteiger charge is 2.42. The summed E-state index contributed by atoms with van der Waals surface area (Å²) >= 11 is 0. The molecule has 0 aromatic rings. The second-order valence-corrected chi connectivity index (χ2v) is 5.77. The number of ether oxygens (including phenoxy) is 1. The van der Waals surface area contributed by atoms with Crippen molar-refractivity contribution in [2.75, 3.05) is 19.7 Å². The highest BCUT2D eigenvalue weighted by Crippen LogP contribution is 2.38. The molecule has 0 spiro atoms. The van der Waals surface area contributed by atoms with E-state index in [1.54, 1.807) is 0 Å². The molecule has 2 aliphatic heterocycles. The van der Waals surface area contributed by atoms with E-state index in [9.17, 15) is 4.79 Å². The first-order valence-electron chi connectivity index (χ1n) is 7.04. The van der Waals surface area contributed by atoms with Crippen molar-refractivity contribution < 1.29 is 9.53 Å². The Balaban J connectivity index is 2.06. The van der Waals surface area contributed by atoms with Crippen molar-refractivity contribution >= 4 is 5.97 Å². The number of hydrogen-bond donors (Lipinski definition) is 0. The number of nitrogens with zero attached hydrogens (tertiary/aromatic N) is 1. The minimum absolute atomic E-state index is 0.0102. The SMILES string of the molecule is CCOC(=O)C(C)C1C2CCCN1CC(C)C2. The smallest absolute Gasteiger partial charge is 0.310 e. The van der Waals surface area contributed by atoms with Crippen LogP contribution in [0.1, 0.15) is 40.0 Å². The van der Waals surface area contributed by atoms with Gasteiger partial charge in [0.25, 0.3) is 0 Å². The standard InChI is InChI=1S/C14H25NO2/c1-4-17-14(16)11(3)13-12-6-5-7-15(13)9-10(2)8-12/h10-13H,4-9H2,1-3H3. The zero-order chi connectivity index (χ0) is 12.4. The van der Waals surface area contributed by atoms with E-state index in [1.807, 2.05) is 13.8 Å². The van der Waals surface area contributed by atoms with Crippen LogP contribution in [0, 0.1) is 17.8 Å². The molecule has 0 aromatic carbocycles.